The van der Waals surface area contributed by atoms with Gasteiger partial charge in [0.1, 0.15) is 5.60 Å². The molecular weight excluding hydrogens is 214 g/mol. The molecule has 0 radical (unpaired) electrons. The van der Waals surface area contributed by atoms with Gasteiger partial charge in [-0.15, -0.1) is 6.58 Å². The van der Waals surface area contributed by atoms with Crippen molar-refractivity contribution in [1.29, 1.82) is 0 Å². The Morgan fingerprint density at radius 1 is 1.41 bits per heavy atom. The van der Waals surface area contributed by atoms with E-state index in [-0.39, 0.29) is 6.09 Å². The zero-order valence-electron chi connectivity index (χ0n) is 11.5. The van der Waals surface area contributed by atoms with Gasteiger partial charge >= 0.3 is 6.09 Å². The van der Waals surface area contributed by atoms with Crippen LogP contribution in [0.2, 0.25) is 0 Å². The zero-order valence-corrected chi connectivity index (χ0v) is 11.5. The van der Waals surface area contributed by atoms with Crippen molar-refractivity contribution < 1.29 is 9.53 Å². The molecule has 0 aromatic rings. The van der Waals surface area contributed by atoms with Crippen molar-refractivity contribution in [2.45, 2.75) is 46.1 Å². The minimum absolute atomic E-state index is 0.178. The lowest BCUT2D eigenvalue weighted by atomic mass is 9.91. The summed E-state index contributed by atoms with van der Waals surface area (Å²) in [7, 11) is 0. The second-order valence-electron chi connectivity index (χ2n) is 5.84. The molecule has 3 nitrogen and oxygen atoms in total. The van der Waals surface area contributed by atoms with Crippen molar-refractivity contribution in [1.82, 2.24) is 4.90 Å². The van der Waals surface area contributed by atoms with Crippen LogP contribution in [0.4, 0.5) is 4.79 Å². The van der Waals surface area contributed by atoms with E-state index in [1.807, 2.05) is 31.7 Å². The molecule has 2 unspecified atom stereocenters. The maximum Gasteiger partial charge on any atom is 0.410 e. The summed E-state index contributed by atoms with van der Waals surface area (Å²) < 4.78 is 5.40. The highest BCUT2D eigenvalue weighted by Gasteiger charge is 2.35. The van der Waals surface area contributed by atoms with Crippen LogP contribution >= 0.6 is 0 Å². The van der Waals surface area contributed by atoms with E-state index >= 15 is 0 Å². The number of hydrogen-bond donors (Lipinski definition) is 0. The number of allylic oxidation sites excluding steroid dienone is 1. The first-order valence-corrected chi connectivity index (χ1v) is 6.46. The number of carbonyl (C=O) groups is 1. The summed E-state index contributed by atoms with van der Waals surface area (Å²) >= 11 is 0. The van der Waals surface area contributed by atoms with Gasteiger partial charge in [0, 0.05) is 13.1 Å². The van der Waals surface area contributed by atoms with Crippen LogP contribution in [0.3, 0.4) is 0 Å². The predicted octanol–water partition coefficient (Wildman–Crippen LogP) is 3.46. The average Bonchev–Trinajstić information content (AvgIpc) is 2.59. The highest BCUT2D eigenvalue weighted by Crippen LogP contribution is 2.29. The number of likely N-dealkylation sites (tertiary alicyclic amines) is 1. The van der Waals surface area contributed by atoms with Crippen molar-refractivity contribution in [2.24, 2.45) is 11.8 Å². The lowest BCUT2D eigenvalue weighted by Crippen LogP contribution is -2.35. The molecular formula is C14H25NO2. The molecule has 1 aliphatic rings. The third-order valence-electron chi connectivity index (χ3n) is 3.22. The molecule has 0 spiro atoms. The van der Waals surface area contributed by atoms with E-state index < -0.39 is 5.60 Å². The SMILES string of the molecule is C=CCC1CN(C(=O)OC(C)(C)C)CC1CC. The van der Waals surface area contributed by atoms with E-state index in [0.717, 1.165) is 25.9 Å². The van der Waals surface area contributed by atoms with E-state index in [1.54, 1.807) is 0 Å². The Labute approximate surface area is 105 Å². The zero-order chi connectivity index (χ0) is 13.1. The third-order valence-corrected chi connectivity index (χ3v) is 3.22. The molecule has 0 aromatic heterocycles. The molecule has 1 heterocycles. The molecule has 98 valence electrons. The van der Waals surface area contributed by atoms with Gasteiger partial charge in [0.25, 0.3) is 0 Å². The van der Waals surface area contributed by atoms with E-state index in [9.17, 15) is 4.79 Å². The highest BCUT2D eigenvalue weighted by atomic mass is 16.6. The fourth-order valence-corrected chi connectivity index (χ4v) is 2.36. The van der Waals surface area contributed by atoms with Crippen molar-refractivity contribution in [3.63, 3.8) is 0 Å². The molecule has 0 aliphatic carbocycles. The van der Waals surface area contributed by atoms with E-state index in [2.05, 4.69) is 13.5 Å². The number of carbonyl (C=O) groups excluding carboxylic acids is 1. The normalized spacial score (nSPS) is 24.8. The first kappa shape index (κ1) is 14.1. The molecule has 1 fully saturated rings. The van der Waals surface area contributed by atoms with Gasteiger partial charge in [-0.1, -0.05) is 19.4 Å². The maximum atomic E-state index is 12.0. The van der Waals surface area contributed by atoms with Crippen LogP contribution in [0.1, 0.15) is 40.5 Å². The monoisotopic (exact) mass is 239 g/mol. The Balaban J connectivity index is 2.57. The topological polar surface area (TPSA) is 29.5 Å². The summed E-state index contributed by atoms with van der Waals surface area (Å²) in [4.78, 5) is 13.8. The van der Waals surface area contributed by atoms with Crippen LogP contribution in [0.15, 0.2) is 12.7 Å². The lowest BCUT2D eigenvalue weighted by Gasteiger charge is -2.24. The molecule has 1 amide bonds. The highest BCUT2D eigenvalue weighted by molar-refractivity contribution is 5.68. The van der Waals surface area contributed by atoms with Crippen molar-refractivity contribution in [3.8, 4) is 0 Å². The number of nitrogens with zero attached hydrogens (tertiary/aromatic N) is 1. The van der Waals surface area contributed by atoms with Gasteiger partial charge < -0.3 is 9.64 Å². The Morgan fingerprint density at radius 2 is 2.00 bits per heavy atom. The first-order valence-electron chi connectivity index (χ1n) is 6.46. The summed E-state index contributed by atoms with van der Waals surface area (Å²) in [6.07, 6.45) is 3.86. The van der Waals surface area contributed by atoms with Gasteiger partial charge in [-0.25, -0.2) is 4.79 Å². The molecule has 0 N–H and O–H groups in total. The smallest absolute Gasteiger partial charge is 0.410 e. The van der Waals surface area contributed by atoms with Gasteiger partial charge in [-0.05, 0) is 39.0 Å². The first-order chi connectivity index (χ1) is 7.87. The summed E-state index contributed by atoms with van der Waals surface area (Å²) in [5, 5.41) is 0. The number of rotatable bonds is 3. The predicted molar refractivity (Wildman–Crippen MR) is 69.9 cm³/mol. The van der Waals surface area contributed by atoms with Crippen LogP contribution in [0, 0.1) is 11.8 Å². The minimum Gasteiger partial charge on any atom is -0.444 e. The third kappa shape index (κ3) is 4.06. The second-order valence-corrected chi connectivity index (χ2v) is 5.84. The second kappa shape index (κ2) is 5.56. The molecule has 0 aromatic carbocycles. The molecule has 1 aliphatic heterocycles. The van der Waals surface area contributed by atoms with Gasteiger partial charge in [-0.3, -0.25) is 0 Å². The molecule has 1 saturated heterocycles. The summed E-state index contributed by atoms with van der Waals surface area (Å²) in [6.45, 7) is 13.3. The van der Waals surface area contributed by atoms with Crippen LogP contribution < -0.4 is 0 Å². The van der Waals surface area contributed by atoms with Gasteiger partial charge in [0.05, 0.1) is 0 Å². The van der Waals surface area contributed by atoms with Crippen LogP contribution in [0.25, 0.3) is 0 Å². The number of amides is 1. The Bertz CT molecular complexity index is 280. The summed E-state index contributed by atoms with van der Waals surface area (Å²) in [5.74, 6) is 1.13. The number of ether oxygens (including phenoxy) is 1. The Morgan fingerprint density at radius 3 is 2.47 bits per heavy atom. The van der Waals surface area contributed by atoms with Crippen LogP contribution in [-0.4, -0.2) is 29.7 Å². The molecule has 3 heteroatoms. The molecule has 0 bridgehead atoms. The van der Waals surface area contributed by atoms with E-state index in [4.69, 9.17) is 4.74 Å². The Kier molecular flexibility index (Phi) is 4.61. The summed E-state index contributed by atoms with van der Waals surface area (Å²) in [6, 6.07) is 0. The minimum atomic E-state index is -0.407. The average molecular weight is 239 g/mol. The van der Waals surface area contributed by atoms with Gasteiger partial charge in [0.15, 0.2) is 0 Å². The summed E-state index contributed by atoms with van der Waals surface area (Å²) in [5.41, 5.74) is -0.407. The van der Waals surface area contributed by atoms with Crippen molar-refractivity contribution in [2.75, 3.05) is 13.1 Å². The van der Waals surface area contributed by atoms with Crippen molar-refractivity contribution in [3.05, 3.63) is 12.7 Å². The van der Waals surface area contributed by atoms with Crippen LogP contribution in [0.5, 0.6) is 0 Å². The Hall–Kier alpha value is -0.990. The largest absolute Gasteiger partial charge is 0.444 e. The van der Waals surface area contributed by atoms with Crippen molar-refractivity contribution >= 4 is 6.09 Å². The standard InChI is InChI=1S/C14H25NO2/c1-6-8-12-10-15(9-11(12)7-2)13(16)17-14(3,4)5/h6,11-12H,1,7-10H2,2-5H3. The molecule has 17 heavy (non-hydrogen) atoms. The molecule has 1 rings (SSSR count). The molecule has 0 saturated carbocycles. The number of hydrogen-bond acceptors (Lipinski definition) is 2. The van der Waals surface area contributed by atoms with E-state index in [0.29, 0.717) is 11.8 Å². The van der Waals surface area contributed by atoms with Gasteiger partial charge in [-0.2, -0.15) is 0 Å². The fraction of sp³-hybridized carbons (Fsp3) is 0.786. The van der Waals surface area contributed by atoms with Gasteiger partial charge in [0.2, 0.25) is 0 Å². The van der Waals surface area contributed by atoms with E-state index in [1.165, 1.54) is 0 Å². The van der Waals surface area contributed by atoms with Crippen LogP contribution in [-0.2, 0) is 4.74 Å². The lowest BCUT2D eigenvalue weighted by molar-refractivity contribution is 0.0284. The molecule has 2 atom stereocenters. The fourth-order valence-electron chi connectivity index (χ4n) is 2.36. The maximum absolute atomic E-state index is 12.0. The quantitative estimate of drug-likeness (QED) is 0.706.